The van der Waals surface area contributed by atoms with E-state index >= 15 is 0 Å². The normalized spacial score (nSPS) is 10.4. The van der Waals surface area contributed by atoms with Gasteiger partial charge >= 0.3 is 0 Å². The fourth-order valence-corrected chi connectivity index (χ4v) is 2.24. The van der Waals surface area contributed by atoms with Gasteiger partial charge in [-0.05, 0) is 61.1 Å². The second-order valence-corrected chi connectivity index (χ2v) is 4.60. The molecule has 0 saturated carbocycles. The Labute approximate surface area is 114 Å². The molecule has 2 rings (SSSR count). The predicted molar refractivity (Wildman–Crippen MR) is 77.0 cm³/mol. The van der Waals surface area contributed by atoms with Crippen LogP contribution in [0.4, 0.5) is 0 Å². The molecule has 0 amide bonds. The van der Waals surface area contributed by atoms with Crippen molar-refractivity contribution in [1.29, 1.82) is 0 Å². The van der Waals surface area contributed by atoms with Crippen LogP contribution in [0.25, 0.3) is 0 Å². The summed E-state index contributed by atoms with van der Waals surface area (Å²) in [5.41, 5.74) is 2.59. The van der Waals surface area contributed by atoms with Gasteiger partial charge in [-0.15, -0.1) is 0 Å². The van der Waals surface area contributed by atoms with Crippen molar-refractivity contribution in [3.8, 4) is 11.5 Å². The van der Waals surface area contributed by atoms with E-state index in [0.29, 0.717) is 0 Å². The number of hydrogen-bond acceptors (Lipinski definition) is 2. The second-order valence-electron chi connectivity index (χ2n) is 4.60. The van der Waals surface area contributed by atoms with Crippen LogP contribution < -0.4 is 9.47 Å². The van der Waals surface area contributed by atoms with Gasteiger partial charge < -0.3 is 14.5 Å². The third kappa shape index (κ3) is 3.78. The summed E-state index contributed by atoms with van der Waals surface area (Å²) in [5, 5.41) is 0. The van der Waals surface area contributed by atoms with E-state index in [4.69, 9.17) is 9.47 Å². The zero-order valence-electron chi connectivity index (χ0n) is 11.6. The minimum Gasteiger partial charge on any atom is -0.497 e. The molecule has 0 aliphatic heterocycles. The molecule has 2 aromatic rings. The van der Waals surface area contributed by atoms with Gasteiger partial charge in [0.2, 0.25) is 0 Å². The summed E-state index contributed by atoms with van der Waals surface area (Å²) in [5.74, 6) is 1.84. The van der Waals surface area contributed by atoms with E-state index in [0.717, 1.165) is 30.8 Å². The van der Waals surface area contributed by atoms with Gasteiger partial charge in [-0.2, -0.15) is 0 Å². The molecule has 0 unspecified atom stereocenters. The summed E-state index contributed by atoms with van der Waals surface area (Å²) in [4.78, 5) is 3.09. The molecule has 0 spiro atoms. The molecular formula is C16H21NO2. The highest BCUT2D eigenvalue weighted by Gasteiger charge is 2.05. The van der Waals surface area contributed by atoms with Crippen molar-refractivity contribution in [3.63, 3.8) is 0 Å². The Balaban J connectivity index is 1.87. The lowest BCUT2D eigenvalue weighted by molar-refractivity contribution is 0.398. The summed E-state index contributed by atoms with van der Waals surface area (Å²) in [6.07, 6.45) is 8.50. The van der Waals surface area contributed by atoms with Crippen molar-refractivity contribution in [3.05, 3.63) is 47.8 Å². The van der Waals surface area contributed by atoms with E-state index in [2.05, 4.69) is 23.3 Å². The number of hydrogen-bond donors (Lipinski definition) is 1. The Kier molecular flexibility index (Phi) is 4.90. The summed E-state index contributed by atoms with van der Waals surface area (Å²) in [7, 11) is 3.41. The number of methoxy groups -OCH3 is 2. The standard InChI is InChI=1S/C16H21NO2/c1-18-15-7-8-16(19-2)14(11-15)6-4-3-5-13-9-10-17-12-13/h7-12,17H,3-6H2,1-2H3. The van der Waals surface area contributed by atoms with Gasteiger partial charge in [0.15, 0.2) is 0 Å². The maximum atomic E-state index is 5.39. The molecule has 3 heteroatoms. The largest absolute Gasteiger partial charge is 0.497 e. The lowest BCUT2D eigenvalue weighted by Crippen LogP contribution is -1.95. The lowest BCUT2D eigenvalue weighted by Gasteiger charge is -2.10. The van der Waals surface area contributed by atoms with Crippen molar-refractivity contribution in [1.82, 2.24) is 4.98 Å². The van der Waals surface area contributed by atoms with Crippen LogP contribution in [0.15, 0.2) is 36.7 Å². The molecule has 0 aliphatic carbocycles. The number of aromatic nitrogens is 1. The number of aromatic amines is 1. The van der Waals surface area contributed by atoms with Gasteiger partial charge in [0.05, 0.1) is 14.2 Å². The van der Waals surface area contributed by atoms with Gasteiger partial charge in [-0.3, -0.25) is 0 Å². The van der Waals surface area contributed by atoms with Crippen LogP contribution in [0.1, 0.15) is 24.0 Å². The first-order valence-corrected chi connectivity index (χ1v) is 6.66. The molecule has 3 nitrogen and oxygen atoms in total. The van der Waals surface area contributed by atoms with E-state index in [1.165, 1.54) is 17.5 Å². The molecule has 0 aliphatic rings. The highest BCUT2D eigenvalue weighted by Crippen LogP contribution is 2.25. The molecule has 0 saturated heterocycles. The van der Waals surface area contributed by atoms with E-state index in [1.807, 2.05) is 18.3 Å². The summed E-state index contributed by atoms with van der Waals surface area (Å²) >= 11 is 0. The van der Waals surface area contributed by atoms with Crippen LogP contribution in [0.5, 0.6) is 11.5 Å². The topological polar surface area (TPSA) is 34.2 Å². The molecule has 0 radical (unpaired) electrons. The molecular weight excluding hydrogens is 238 g/mol. The van der Waals surface area contributed by atoms with Crippen molar-refractivity contribution < 1.29 is 9.47 Å². The first-order chi connectivity index (χ1) is 9.33. The zero-order valence-corrected chi connectivity index (χ0v) is 11.6. The van der Waals surface area contributed by atoms with E-state index in [9.17, 15) is 0 Å². The minimum atomic E-state index is 0.890. The predicted octanol–water partition coefficient (Wildman–Crippen LogP) is 3.60. The van der Waals surface area contributed by atoms with Gasteiger partial charge in [0.1, 0.15) is 11.5 Å². The number of unbranched alkanes of at least 4 members (excludes halogenated alkanes) is 1. The number of aryl methyl sites for hydroxylation is 2. The molecule has 0 fully saturated rings. The lowest BCUT2D eigenvalue weighted by atomic mass is 10.0. The minimum absolute atomic E-state index is 0.890. The average molecular weight is 259 g/mol. The average Bonchev–Trinajstić information content (AvgIpc) is 2.96. The first kappa shape index (κ1) is 13.5. The number of rotatable bonds is 7. The maximum absolute atomic E-state index is 5.39. The fraction of sp³-hybridized carbons (Fsp3) is 0.375. The smallest absolute Gasteiger partial charge is 0.122 e. The molecule has 0 bridgehead atoms. The van der Waals surface area contributed by atoms with Crippen LogP contribution in [0, 0.1) is 0 Å². The third-order valence-electron chi connectivity index (χ3n) is 3.31. The molecule has 1 N–H and O–H groups in total. The van der Waals surface area contributed by atoms with Gasteiger partial charge in [-0.1, -0.05) is 0 Å². The first-order valence-electron chi connectivity index (χ1n) is 6.66. The van der Waals surface area contributed by atoms with E-state index in [1.54, 1.807) is 14.2 Å². The highest BCUT2D eigenvalue weighted by atomic mass is 16.5. The Morgan fingerprint density at radius 1 is 1.00 bits per heavy atom. The summed E-state index contributed by atoms with van der Waals surface area (Å²) in [6, 6.07) is 8.10. The van der Waals surface area contributed by atoms with Crippen molar-refractivity contribution in [2.45, 2.75) is 25.7 Å². The molecule has 1 aromatic heterocycles. The van der Waals surface area contributed by atoms with Crippen LogP contribution in [0.3, 0.4) is 0 Å². The maximum Gasteiger partial charge on any atom is 0.122 e. The molecule has 1 heterocycles. The Bertz CT molecular complexity index is 491. The monoisotopic (exact) mass is 259 g/mol. The van der Waals surface area contributed by atoms with Crippen LogP contribution in [-0.2, 0) is 12.8 Å². The Hall–Kier alpha value is -1.90. The van der Waals surface area contributed by atoms with Crippen molar-refractivity contribution in [2.24, 2.45) is 0 Å². The van der Waals surface area contributed by atoms with Crippen LogP contribution in [-0.4, -0.2) is 19.2 Å². The van der Waals surface area contributed by atoms with Crippen molar-refractivity contribution in [2.75, 3.05) is 14.2 Å². The third-order valence-corrected chi connectivity index (χ3v) is 3.31. The molecule has 1 aromatic carbocycles. The van der Waals surface area contributed by atoms with Crippen LogP contribution >= 0.6 is 0 Å². The van der Waals surface area contributed by atoms with Crippen LogP contribution in [0.2, 0.25) is 0 Å². The Morgan fingerprint density at radius 2 is 1.84 bits per heavy atom. The Morgan fingerprint density at radius 3 is 2.53 bits per heavy atom. The van der Waals surface area contributed by atoms with Gasteiger partial charge in [0, 0.05) is 12.4 Å². The van der Waals surface area contributed by atoms with Gasteiger partial charge in [0.25, 0.3) is 0 Å². The summed E-state index contributed by atoms with van der Waals surface area (Å²) < 4.78 is 10.6. The van der Waals surface area contributed by atoms with E-state index in [-0.39, 0.29) is 0 Å². The highest BCUT2D eigenvalue weighted by molar-refractivity contribution is 5.40. The number of benzene rings is 1. The zero-order chi connectivity index (χ0) is 13.5. The summed E-state index contributed by atoms with van der Waals surface area (Å²) in [6.45, 7) is 0. The molecule has 19 heavy (non-hydrogen) atoms. The quantitative estimate of drug-likeness (QED) is 0.771. The van der Waals surface area contributed by atoms with Gasteiger partial charge in [-0.25, -0.2) is 0 Å². The number of H-pyrrole nitrogens is 1. The van der Waals surface area contributed by atoms with Crippen molar-refractivity contribution >= 4 is 0 Å². The fourth-order valence-electron chi connectivity index (χ4n) is 2.24. The number of ether oxygens (including phenoxy) is 2. The molecule has 0 atom stereocenters. The number of nitrogens with one attached hydrogen (secondary N) is 1. The molecule has 102 valence electrons. The van der Waals surface area contributed by atoms with E-state index < -0.39 is 0 Å². The second kappa shape index (κ2) is 6.88. The SMILES string of the molecule is COc1ccc(OC)c(CCCCc2cc[nH]c2)c1.